The van der Waals surface area contributed by atoms with Crippen LogP contribution in [0.5, 0.6) is 0 Å². The molecular weight excluding hydrogens is 1210 g/mol. The second kappa shape index (κ2) is 24.5. The second-order valence-corrected chi connectivity index (χ2v) is 19.9. The van der Waals surface area contributed by atoms with E-state index < -0.39 is 0 Å². The van der Waals surface area contributed by atoms with Gasteiger partial charge >= 0.3 is 103 Å². The molecule has 8 aromatic carbocycles. The van der Waals surface area contributed by atoms with E-state index in [0.717, 1.165) is 10.8 Å². The van der Waals surface area contributed by atoms with Crippen LogP contribution >= 0.6 is 121 Å². The Labute approximate surface area is 502 Å². The summed E-state index contributed by atoms with van der Waals surface area (Å²) in [5.74, 6) is -0.702. The van der Waals surface area contributed by atoms with Crippen LogP contribution in [-0.4, -0.2) is 13.5 Å². The zero-order valence-corrected chi connectivity index (χ0v) is 50.3. The minimum absolute atomic E-state index is 0. The summed E-state index contributed by atoms with van der Waals surface area (Å²) in [4.78, 5) is 12.5. The number of nitrogens with zero attached hydrogens (tertiary/aromatic N) is 1. The normalized spacial score (nSPS) is 10.6. The largest absolute Gasteiger partial charge is 1.00 e. The first kappa shape index (κ1) is 54.0. The van der Waals surface area contributed by atoms with Crippen LogP contribution < -0.4 is 108 Å². The van der Waals surface area contributed by atoms with Crippen LogP contribution in [0.15, 0.2) is 154 Å². The molecule has 308 valence electrons. The summed E-state index contributed by atoms with van der Waals surface area (Å²) in [6.45, 7) is -0.181. The van der Waals surface area contributed by atoms with Crippen LogP contribution in [0.2, 0.25) is 0 Å². The number of carbonyl (C=O) groups is 1. The molecule has 0 aliphatic rings. The predicted octanol–water partition coefficient (Wildman–Crippen LogP) is 11.2. The molecule has 0 aliphatic heterocycles. The molecule has 0 amide bonds. The maximum Gasteiger partial charge on any atom is 1.00 e. The quantitative estimate of drug-likeness (QED) is 0.0463. The Bertz CT molecular complexity index is 3130. The molecule has 63 heavy (non-hydrogen) atoms. The topological polar surface area (TPSA) is 61.7 Å². The first-order chi connectivity index (χ1) is 29.4. The third-order valence-electron chi connectivity index (χ3n) is 9.62. The minimum Gasteiger partial charge on any atom is -1.00 e. The third kappa shape index (κ3) is 11.2. The number of thiol groups is 2. The van der Waals surface area contributed by atoms with Crippen molar-refractivity contribution in [2.45, 2.75) is 9.79 Å². The smallest absolute Gasteiger partial charge is 1.00 e. The van der Waals surface area contributed by atoms with E-state index in [4.69, 9.17) is 10.1 Å². The first-order valence-electron chi connectivity index (χ1n) is 17.8. The van der Waals surface area contributed by atoms with Gasteiger partial charge in [-0.15, -0.1) is 47.9 Å². The molecule has 0 atom stereocenters. The maximum atomic E-state index is 14.6. The molecule has 0 N–H and O–H groups in total. The number of rotatable bonds is 3. The van der Waals surface area contributed by atoms with Crippen molar-refractivity contribution in [3.05, 3.63) is 151 Å². The van der Waals surface area contributed by atoms with Crippen molar-refractivity contribution in [2.24, 2.45) is 4.74 Å². The van der Waals surface area contributed by atoms with Gasteiger partial charge in [0.25, 0.3) is 6.47 Å². The van der Waals surface area contributed by atoms with E-state index in [0.29, 0.717) is 41.0 Å². The van der Waals surface area contributed by atoms with Crippen molar-refractivity contribution in [1.29, 1.82) is 0 Å². The summed E-state index contributed by atoms with van der Waals surface area (Å²) in [5, 5.41) is 18.0. The van der Waals surface area contributed by atoms with E-state index in [1.54, 1.807) is 43.4 Å². The summed E-state index contributed by atoms with van der Waals surface area (Å²) in [5.41, 5.74) is 2.13. The van der Waals surface area contributed by atoms with E-state index in [1.165, 1.54) is 72.2 Å². The molecule has 0 saturated heterocycles. The van der Waals surface area contributed by atoms with Crippen LogP contribution in [0.4, 0.5) is 8.78 Å². The summed E-state index contributed by atoms with van der Waals surface area (Å²) in [6, 6.07) is 38.8. The van der Waals surface area contributed by atoms with Gasteiger partial charge in [0.05, 0.1) is 9.40 Å². The van der Waals surface area contributed by atoms with Gasteiger partial charge in [-0.1, -0.05) is 72.8 Å². The number of halogens is 6. The van der Waals surface area contributed by atoms with Gasteiger partial charge in [-0.3, -0.25) is 9.54 Å². The Morgan fingerprint density at radius 1 is 0.603 bits per heavy atom. The molecule has 0 fully saturated rings. The molecular formula is C46H28Br4F2K2NO3PS4. The van der Waals surface area contributed by atoms with Gasteiger partial charge in [-0.05, 0) is 143 Å². The van der Waals surface area contributed by atoms with Gasteiger partial charge in [0.2, 0.25) is 0 Å². The Morgan fingerprint density at radius 3 is 1.27 bits per heavy atom. The fourth-order valence-electron chi connectivity index (χ4n) is 7.24. The summed E-state index contributed by atoms with van der Waals surface area (Å²) >= 11 is 27.7. The molecule has 17 heteroatoms. The van der Waals surface area contributed by atoms with E-state index >= 15 is 0 Å². The van der Waals surface area contributed by atoms with E-state index in [9.17, 15) is 8.78 Å². The molecule has 0 spiro atoms. The molecule has 10 rings (SSSR count). The van der Waals surface area contributed by atoms with Gasteiger partial charge in [0, 0.05) is 87.9 Å². The molecule has 0 radical (unpaired) electrons. The van der Waals surface area contributed by atoms with E-state index in [-0.39, 0.29) is 122 Å². The molecule has 0 unspecified atom stereocenters. The monoisotopic (exact) mass is 1230 g/mol. The Morgan fingerprint density at radius 2 is 0.921 bits per heavy atom. The molecule has 10 aromatic rings. The van der Waals surface area contributed by atoms with Gasteiger partial charge < -0.3 is 11.6 Å². The molecule has 2 heterocycles. The summed E-state index contributed by atoms with van der Waals surface area (Å²) in [7, 11) is 4.47. The second-order valence-electron chi connectivity index (χ2n) is 13.1. The molecule has 4 nitrogen and oxygen atoms in total. The number of hydrogen-bond donors (Lipinski definition) is 2. The van der Waals surface area contributed by atoms with E-state index in [2.05, 4.69) is 168 Å². The third-order valence-corrected chi connectivity index (χ3v) is 16.6. The molecule has 0 bridgehead atoms. The maximum absolute atomic E-state index is 14.6. The number of hydrogen-bond acceptors (Lipinski definition) is 8. The SMILES string of the molecule is Brc1cc2c(cc(Br)c3sc4ccccc4c32)c2c1sc1ccccc12.CN=P.Fc1ccccc1-c1c(S)c(Br)cc2c(-c3ccccc3F)c(S)c(Br)cc12.O=CO[O-].[H-].[K+].[K+]. The van der Waals surface area contributed by atoms with Crippen LogP contribution in [0.1, 0.15) is 1.43 Å². The Hall–Kier alpha value is 0.00273. The van der Waals surface area contributed by atoms with Gasteiger partial charge in [0.1, 0.15) is 11.6 Å². The van der Waals surface area contributed by atoms with Crippen LogP contribution in [0.3, 0.4) is 0 Å². The zero-order chi connectivity index (χ0) is 43.5. The standard InChI is InChI=1S/C22H12Br2F2S2.C22H10Br2S2.CH4NP.CH2O3.2K.H/c23-15-10-14-13(19(21(15)27)11-5-1-3-7-17(11)25)9-16(24)22(28)20(14)12-6-2-4-8-18(12)26;23-15-10-14-13(19-11-5-1-3-7-17(11)25-21(15)19)9-16(24)22-20(14)12-6-2-4-8-18(12)26-22;1-2-3;2-1-4-3;;;/h1-10,27-28H;1-10H;3H,1H3;1,3H;;;/q;;;;2*+1;-1/p-1. The van der Waals surface area contributed by atoms with Crippen LogP contribution in [0, 0.1) is 11.6 Å². The van der Waals surface area contributed by atoms with Crippen molar-refractivity contribution in [2.75, 3.05) is 7.05 Å². The Balaban J connectivity index is 0.000000236. The van der Waals surface area contributed by atoms with Crippen LogP contribution in [0.25, 0.3) is 84.1 Å². The zero-order valence-electron chi connectivity index (χ0n) is 34.3. The van der Waals surface area contributed by atoms with Crippen molar-refractivity contribution in [1.82, 2.24) is 0 Å². The fourth-order valence-corrected chi connectivity index (χ4v) is 12.3. The summed E-state index contributed by atoms with van der Waals surface area (Å²) in [6.07, 6.45) is 0. The van der Waals surface area contributed by atoms with Crippen molar-refractivity contribution in [3.8, 4) is 22.3 Å². The minimum atomic E-state index is -0.351. The average Bonchev–Trinajstić information content (AvgIpc) is 3.85. The molecule has 0 aliphatic carbocycles. The van der Waals surface area contributed by atoms with Gasteiger partial charge in [0.15, 0.2) is 0 Å². The number of thiophene rings is 2. The average molecular weight is 1240 g/mol. The summed E-state index contributed by atoms with van der Waals surface area (Å²) < 4.78 is 41.7. The van der Waals surface area contributed by atoms with Crippen LogP contribution in [-0.2, 0) is 9.68 Å². The van der Waals surface area contributed by atoms with Crippen molar-refractivity contribution >= 4 is 189 Å². The number of carbonyl (C=O) groups excluding carboxylic acids is 1. The van der Waals surface area contributed by atoms with Crippen molar-refractivity contribution < 1.29 is 128 Å². The van der Waals surface area contributed by atoms with Gasteiger partial charge in [-0.25, -0.2) is 8.78 Å². The molecule has 0 saturated carbocycles. The van der Waals surface area contributed by atoms with Gasteiger partial charge in [-0.2, -0.15) is 0 Å². The molecule has 2 aromatic heterocycles. The van der Waals surface area contributed by atoms with Crippen molar-refractivity contribution in [3.63, 3.8) is 0 Å². The first-order valence-corrected chi connectivity index (χ1v) is 24.0. The number of fused-ring (bicyclic) bond motifs is 10. The van der Waals surface area contributed by atoms with E-state index in [1.807, 2.05) is 34.8 Å². The Kier molecular flexibility index (Phi) is 21.0. The fraction of sp³-hybridized carbons (Fsp3) is 0.0217. The predicted molar refractivity (Wildman–Crippen MR) is 275 cm³/mol. The number of benzene rings is 8.